The molecule has 0 bridgehead atoms. The highest BCUT2D eigenvalue weighted by Gasteiger charge is 2.18. The molecule has 0 spiro atoms. The van der Waals surface area contributed by atoms with Gasteiger partial charge in [-0.05, 0) is 48.2 Å². The van der Waals surface area contributed by atoms with Crippen LogP contribution in [0.25, 0.3) is 0 Å². The van der Waals surface area contributed by atoms with Gasteiger partial charge in [-0.25, -0.2) is 0 Å². The Morgan fingerprint density at radius 2 is 1.64 bits per heavy atom. The highest BCUT2D eigenvalue weighted by Crippen LogP contribution is 2.32. The van der Waals surface area contributed by atoms with Gasteiger partial charge < -0.3 is 9.30 Å². The van der Waals surface area contributed by atoms with Crippen molar-refractivity contribution in [2.45, 2.75) is 43.7 Å². The van der Waals surface area contributed by atoms with Crippen LogP contribution in [0.4, 0.5) is 0 Å². The summed E-state index contributed by atoms with van der Waals surface area (Å²) in [6.45, 7) is 6.32. The minimum atomic E-state index is -0.222. The van der Waals surface area contributed by atoms with Gasteiger partial charge in [-0.15, -0.1) is 10.2 Å². The molecule has 7 heteroatoms. The van der Waals surface area contributed by atoms with Gasteiger partial charge in [-0.2, -0.15) is 0 Å². The molecule has 0 amide bonds. The van der Waals surface area contributed by atoms with Gasteiger partial charge in [0.05, 0.1) is 0 Å². The molecule has 0 fully saturated rings. The van der Waals surface area contributed by atoms with Crippen LogP contribution in [0.15, 0.2) is 47.6 Å². The van der Waals surface area contributed by atoms with Crippen LogP contribution >= 0.6 is 35.0 Å². The molecule has 148 valence electrons. The van der Waals surface area contributed by atoms with Crippen molar-refractivity contribution < 1.29 is 4.74 Å². The van der Waals surface area contributed by atoms with Crippen LogP contribution in [0.5, 0.6) is 5.75 Å². The largest absolute Gasteiger partial charge is 0.483 e. The molecule has 0 N–H and O–H groups in total. The van der Waals surface area contributed by atoms with Crippen LogP contribution in [0.3, 0.4) is 0 Å². The van der Waals surface area contributed by atoms with E-state index in [1.54, 1.807) is 11.8 Å². The number of hydrogen-bond acceptors (Lipinski definition) is 4. The summed E-state index contributed by atoms with van der Waals surface area (Å²) in [5.41, 5.74) is 2.19. The topological polar surface area (TPSA) is 39.9 Å². The van der Waals surface area contributed by atoms with Crippen molar-refractivity contribution in [3.05, 3.63) is 69.5 Å². The lowest BCUT2D eigenvalue weighted by atomic mass is 10.0. The molecule has 0 aliphatic heterocycles. The summed E-state index contributed by atoms with van der Waals surface area (Å²) in [5.74, 6) is 2.70. The lowest BCUT2D eigenvalue weighted by molar-refractivity contribution is 0.211. The first-order valence-electron chi connectivity index (χ1n) is 9.08. The monoisotopic (exact) mass is 435 g/mol. The number of benzene rings is 2. The van der Waals surface area contributed by atoms with E-state index in [0.717, 1.165) is 22.3 Å². The second-order valence-corrected chi connectivity index (χ2v) is 8.63. The predicted octanol–water partition coefficient (Wildman–Crippen LogP) is 6.68. The second kappa shape index (κ2) is 9.21. The molecule has 1 unspecified atom stereocenters. The Morgan fingerprint density at radius 1 is 1.00 bits per heavy atom. The number of rotatable bonds is 7. The predicted molar refractivity (Wildman–Crippen MR) is 117 cm³/mol. The quantitative estimate of drug-likeness (QED) is 0.388. The first-order chi connectivity index (χ1) is 13.4. The molecule has 3 aromatic rings. The maximum atomic E-state index is 6.25. The first-order valence-corrected chi connectivity index (χ1v) is 10.8. The molecule has 0 saturated carbocycles. The Labute approximate surface area is 180 Å². The summed E-state index contributed by atoms with van der Waals surface area (Å²) in [4.78, 5) is 0. The summed E-state index contributed by atoms with van der Waals surface area (Å²) in [6, 6.07) is 13.7. The van der Waals surface area contributed by atoms with Crippen molar-refractivity contribution in [3.8, 4) is 5.75 Å². The number of nitrogens with zero attached hydrogens (tertiary/aromatic N) is 3. The third kappa shape index (κ3) is 4.83. The van der Waals surface area contributed by atoms with Crippen molar-refractivity contribution in [3.63, 3.8) is 0 Å². The normalized spacial score (nSPS) is 12.4. The number of thioether (sulfide) groups is 1. The Morgan fingerprint density at radius 3 is 2.25 bits per heavy atom. The number of halogens is 2. The lowest BCUT2D eigenvalue weighted by Crippen LogP contribution is -2.10. The van der Waals surface area contributed by atoms with E-state index < -0.39 is 0 Å². The average molecular weight is 436 g/mol. The Bertz CT molecular complexity index is 921. The number of aromatic nitrogens is 3. The van der Waals surface area contributed by atoms with Gasteiger partial charge in [0.15, 0.2) is 17.1 Å². The summed E-state index contributed by atoms with van der Waals surface area (Å²) >= 11 is 14.0. The second-order valence-electron chi connectivity index (χ2n) is 6.87. The summed E-state index contributed by atoms with van der Waals surface area (Å²) in [5, 5.41) is 10.7. The molecule has 3 rings (SSSR count). The van der Waals surface area contributed by atoms with Crippen molar-refractivity contribution in [2.75, 3.05) is 0 Å². The van der Waals surface area contributed by atoms with E-state index in [4.69, 9.17) is 27.9 Å². The molecule has 1 aromatic heterocycles. The maximum absolute atomic E-state index is 6.25. The van der Waals surface area contributed by atoms with E-state index in [2.05, 4.69) is 36.2 Å². The van der Waals surface area contributed by atoms with Crippen LogP contribution in [-0.4, -0.2) is 14.8 Å². The minimum absolute atomic E-state index is 0.222. The van der Waals surface area contributed by atoms with Crippen LogP contribution in [0, 0.1) is 0 Å². The van der Waals surface area contributed by atoms with Gasteiger partial charge in [0.25, 0.3) is 0 Å². The van der Waals surface area contributed by atoms with Crippen molar-refractivity contribution in [1.82, 2.24) is 14.8 Å². The third-order valence-corrected chi connectivity index (χ3v) is 6.25. The first kappa shape index (κ1) is 21.0. The van der Waals surface area contributed by atoms with Crippen LogP contribution in [0.1, 0.15) is 49.7 Å². The highest BCUT2D eigenvalue weighted by molar-refractivity contribution is 7.98. The molecule has 1 atom stereocenters. The lowest BCUT2D eigenvalue weighted by Gasteiger charge is -2.15. The van der Waals surface area contributed by atoms with E-state index >= 15 is 0 Å². The zero-order valence-electron chi connectivity index (χ0n) is 16.3. The summed E-state index contributed by atoms with van der Waals surface area (Å²) < 4.78 is 8.00. The van der Waals surface area contributed by atoms with Gasteiger partial charge in [0.2, 0.25) is 0 Å². The van der Waals surface area contributed by atoms with E-state index in [9.17, 15) is 0 Å². The number of ether oxygens (including phenoxy) is 1. The third-order valence-electron chi connectivity index (χ3n) is 4.50. The molecule has 0 saturated heterocycles. The van der Waals surface area contributed by atoms with Crippen molar-refractivity contribution >= 4 is 35.0 Å². The summed E-state index contributed by atoms with van der Waals surface area (Å²) in [6.07, 6.45) is -0.222. The van der Waals surface area contributed by atoms with Crippen LogP contribution < -0.4 is 4.74 Å². The maximum Gasteiger partial charge on any atom is 0.191 e. The fraction of sp³-hybridized carbons (Fsp3) is 0.333. The van der Waals surface area contributed by atoms with E-state index in [-0.39, 0.29) is 6.10 Å². The fourth-order valence-corrected chi connectivity index (χ4v) is 4.46. The zero-order valence-corrected chi connectivity index (χ0v) is 18.6. The SMILES string of the molecule is CC(C)c1ccc(OC(C)c2nnc(SCc3c(Cl)cccc3Cl)n2C)cc1. The van der Waals surface area contributed by atoms with E-state index in [0.29, 0.717) is 21.7 Å². The Balaban J connectivity index is 1.68. The van der Waals surface area contributed by atoms with Crippen molar-refractivity contribution in [1.29, 1.82) is 0 Å². The zero-order chi connectivity index (χ0) is 20.3. The molecule has 0 radical (unpaired) electrons. The minimum Gasteiger partial charge on any atom is -0.483 e. The van der Waals surface area contributed by atoms with Gasteiger partial charge >= 0.3 is 0 Å². The fourth-order valence-electron chi connectivity index (χ4n) is 2.80. The van der Waals surface area contributed by atoms with E-state index in [1.165, 1.54) is 5.56 Å². The standard InChI is InChI=1S/C21H23Cl2N3OS/c1-13(2)15-8-10-16(11-9-15)27-14(3)20-24-25-21(26(20)4)28-12-17-18(22)6-5-7-19(17)23/h5-11,13-14H,12H2,1-4H3. The van der Waals surface area contributed by atoms with Gasteiger partial charge in [0.1, 0.15) is 5.75 Å². The number of hydrogen-bond donors (Lipinski definition) is 0. The molecular weight excluding hydrogens is 413 g/mol. The van der Waals surface area contributed by atoms with Crippen molar-refractivity contribution in [2.24, 2.45) is 7.05 Å². The van der Waals surface area contributed by atoms with Gasteiger partial charge in [-0.1, -0.05) is 67.0 Å². The Kier molecular flexibility index (Phi) is 6.91. The smallest absolute Gasteiger partial charge is 0.191 e. The molecule has 4 nitrogen and oxygen atoms in total. The molecule has 2 aromatic carbocycles. The van der Waals surface area contributed by atoms with Crippen LogP contribution in [0.2, 0.25) is 10.0 Å². The van der Waals surface area contributed by atoms with Gasteiger partial charge in [-0.3, -0.25) is 0 Å². The molecule has 1 heterocycles. The summed E-state index contributed by atoms with van der Waals surface area (Å²) in [7, 11) is 1.94. The molecule has 28 heavy (non-hydrogen) atoms. The Hall–Kier alpha value is -1.69. The molecule has 0 aliphatic rings. The molecule has 0 aliphatic carbocycles. The van der Waals surface area contributed by atoms with E-state index in [1.807, 2.05) is 48.9 Å². The average Bonchev–Trinajstić information content (AvgIpc) is 3.02. The van der Waals surface area contributed by atoms with Gasteiger partial charge in [0, 0.05) is 22.8 Å². The van der Waals surface area contributed by atoms with Crippen LogP contribution in [-0.2, 0) is 12.8 Å². The highest BCUT2D eigenvalue weighted by atomic mass is 35.5. The molecular formula is C21H23Cl2N3OS.